The lowest BCUT2D eigenvalue weighted by atomic mass is 10.2. The molecular formula is C8H6N2O2S. The summed E-state index contributed by atoms with van der Waals surface area (Å²) in [6, 6.07) is 1.60. The summed E-state index contributed by atoms with van der Waals surface area (Å²) in [4.78, 5) is 15.0. The molecule has 1 aromatic rings. The molecule has 0 unspecified atom stereocenters. The Labute approximate surface area is 78.8 Å². The van der Waals surface area contributed by atoms with E-state index in [1.807, 2.05) is 6.92 Å². The number of aliphatic carboxylic acids is 1. The van der Waals surface area contributed by atoms with Crippen molar-refractivity contribution < 1.29 is 9.90 Å². The molecule has 0 saturated heterocycles. The van der Waals surface area contributed by atoms with E-state index in [0.717, 1.165) is 5.01 Å². The van der Waals surface area contributed by atoms with Gasteiger partial charge in [-0.15, -0.1) is 11.3 Å². The number of aryl methyl sites for hydroxylation is 1. The van der Waals surface area contributed by atoms with Crippen LogP contribution in [-0.4, -0.2) is 16.1 Å². The third-order valence-electron chi connectivity index (χ3n) is 1.28. The molecule has 66 valence electrons. The monoisotopic (exact) mass is 194 g/mol. The Bertz CT molecular complexity index is 401. The minimum absolute atomic E-state index is 0.274. The molecule has 0 bridgehead atoms. The van der Waals surface area contributed by atoms with E-state index in [2.05, 4.69) is 4.98 Å². The first-order valence-electron chi connectivity index (χ1n) is 3.41. The van der Waals surface area contributed by atoms with E-state index in [-0.39, 0.29) is 5.57 Å². The van der Waals surface area contributed by atoms with Gasteiger partial charge in [0.25, 0.3) is 0 Å². The highest BCUT2D eigenvalue weighted by molar-refractivity contribution is 7.12. The lowest BCUT2D eigenvalue weighted by Crippen LogP contribution is -1.96. The summed E-state index contributed by atoms with van der Waals surface area (Å²) in [7, 11) is 0. The Morgan fingerprint density at radius 3 is 2.92 bits per heavy atom. The van der Waals surface area contributed by atoms with Gasteiger partial charge in [0.2, 0.25) is 0 Å². The first-order chi connectivity index (χ1) is 6.13. The quantitative estimate of drug-likeness (QED) is 0.571. The van der Waals surface area contributed by atoms with E-state index >= 15 is 0 Å². The predicted octanol–water partition coefficient (Wildman–Crippen LogP) is 1.44. The molecule has 0 saturated carbocycles. The highest BCUT2D eigenvalue weighted by Gasteiger charge is 2.06. The number of carboxylic acids is 1. The third-order valence-corrected chi connectivity index (χ3v) is 2.14. The maximum atomic E-state index is 10.4. The lowest BCUT2D eigenvalue weighted by Gasteiger charge is -1.86. The summed E-state index contributed by atoms with van der Waals surface area (Å²) in [5.41, 5.74) is -0.274. The molecule has 0 amide bonds. The molecule has 0 aliphatic rings. The molecule has 5 heteroatoms. The SMILES string of the molecule is Cc1ncc(/C=C(/C#N)C(=O)O)s1. The van der Waals surface area contributed by atoms with Gasteiger partial charge in [-0.3, -0.25) is 0 Å². The van der Waals surface area contributed by atoms with E-state index in [1.54, 1.807) is 12.3 Å². The topological polar surface area (TPSA) is 74.0 Å². The fourth-order valence-corrected chi connectivity index (χ4v) is 1.46. The van der Waals surface area contributed by atoms with Crippen LogP contribution in [0.2, 0.25) is 0 Å². The van der Waals surface area contributed by atoms with Crippen LogP contribution in [0.3, 0.4) is 0 Å². The average Bonchev–Trinajstić information content (AvgIpc) is 2.46. The van der Waals surface area contributed by atoms with Crippen LogP contribution < -0.4 is 0 Å². The highest BCUT2D eigenvalue weighted by Crippen LogP contribution is 2.15. The molecule has 1 N–H and O–H groups in total. The maximum Gasteiger partial charge on any atom is 0.346 e. The van der Waals surface area contributed by atoms with Gasteiger partial charge in [-0.05, 0) is 13.0 Å². The lowest BCUT2D eigenvalue weighted by molar-refractivity contribution is -0.132. The van der Waals surface area contributed by atoms with Gasteiger partial charge in [-0.1, -0.05) is 0 Å². The van der Waals surface area contributed by atoms with E-state index in [4.69, 9.17) is 10.4 Å². The first kappa shape index (κ1) is 9.42. The summed E-state index contributed by atoms with van der Waals surface area (Å²) >= 11 is 1.35. The van der Waals surface area contributed by atoms with Crippen LogP contribution in [0.25, 0.3) is 6.08 Å². The van der Waals surface area contributed by atoms with Crippen LogP contribution in [0.5, 0.6) is 0 Å². The molecule has 1 aromatic heterocycles. The number of aromatic nitrogens is 1. The zero-order valence-corrected chi connectivity index (χ0v) is 7.63. The normalized spacial score (nSPS) is 10.9. The van der Waals surface area contributed by atoms with Crippen LogP contribution in [0.15, 0.2) is 11.8 Å². The number of nitrogens with zero attached hydrogens (tertiary/aromatic N) is 2. The summed E-state index contributed by atoms with van der Waals surface area (Å²) < 4.78 is 0. The zero-order valence-electron chi connectivity index (χ0n) is 6.81. The second-order valence-electron chi connectivity index (χ2n) is 2.26. The molecule has 13 heavy (non-hydrogen) atoms. The Kier molecular flexibility index (Phi) is 2.77. The Balaban J connectivity index is 3.00. The molecule has 0 atom stereocenters. The van der Waals surface area contributed by atoms with Crippen molar-refractivity contribution in [2.75, 3.05) is 0 Å². The number of hydrogen-bond donors (Lipinski definition) is 1. The molecule has 0 spiro atoms. The Hall–Kier alpha value is -1.67. The smallest absolute Gasteiger partial charge is 0.346 e. The number of nitriles is 1. The number of rotatable bonds is 2. The van der Waals surface area contributed by atoms with E-state index in [1.165, 1.54) is 17.4 Å². The van der Waals surface area contributed by atoms with Gasteiger partial charge < -0.3 is 5.11 Å². The molecule has 0 aromatic carbocycles. The van der Waals surface area contributed by atoms with Crippen LogP contribution in [0.1, 0.15) is 9.88 Å². The summed E-state index contributed by atoms with van der Waals surface area (Å²) in [5.74, 6) is -1.21. The Morgan fingerprint density at radius 2 is 2.54 bits per heavy atom. The highest BCUT2D eigenvalue weighted by atomic mass is 32.1. The second-order valence-corrected chi connectivity index (χ2v) is 3.52. The zero-order chi connectivity index (χ0) is 9.84. The average molecular weight is 194 g/mol. The van der Waals surface area contributed by atoms with Gasteiger partial charge in [-0.2, -0.15) is 5.26 Å². The van der Waals surface area contributed by atoms with Gasteiger partial charge in [0.15, 0.2) is 0 Å². The number of hydrogen-bond acceptors (Lipinski definition) is 4. The van der Waals surface area contributed by atoms with Crippen molar-refractivity contribution in [3.05, 3.63) is 21.7 Å². The van der Waals surface area contributed by atoms with Crippen molar-refractivity contribution in [3.63, 3.8) is 0 Å². The maximum absolute atomic E-state index is 10.4. The molecule has 1 rings (SSSR count). The van der Waals surface area contributed by atoms with Crippen molar-refractivity contribution >= 4 is 23.4 Å². The number of carboxylic acid groups (broad SMARTS) is 1. The predicted molar refractivity (Wildman–Crippen MR) is 48.1 cm³/mol. The van der Waals surface area contributed by atoms with E-state index in [9.17, 15) is 4.79 Å². The molecular weight excluding hydrogens is 188 g/mol. The van der Waals surface area contributed by atoms with Crippen LogP contribution in [-0.2, 0) is 4.79 Å². The summed E-state index contributed by atoms with van der Waals surface area (Å²) in [6.07, 6.45) is 2.85. The van der Waals surface area contributed by atoms with Crippen molar-refractivity contribution in [2.45, 2.75) is 6.92 Å². The largest absolute Gasteiger partial charge is 0.477 e. The first-order valence-corrected chi connectivity index (χ1v) is 4.22. The van der Waals surface area contributed by atoms with Crippen molar-refractivity contribution in [2.24, 2.45) is 0 Å². The van der Waals surface area contributed by atoms with Gasteiger partial charge in [0.05, 0.1) is 5.01 Å². The van der Waals surface area contributed by atoms with Crippen molar-refractivity contribution in [1.82, 2.24) is 4.98 Å². The minimum atomic E-state index is -1.21. The summed E-state index contributed by atoms with van der Waals surface area (Å²) in [6.45, 7) is 1.81. The molecule has 0 aliphatic carbocycles. The van der Waals surface area contributed by atoms with Crippen molar-refractivity contribution in [3.8, 4) is 6.07 Å². The van der Waals surface area contributed by atoms with Crippen LogP contribution >= 0.6 is 11.3 Å². The second kappa shape index (κ2) is 3.83. The van der Waals surface area contributed by atoms with E-state index < -0.39 is 5.97 Å². The van der Waals surface area contributed by atoms with Gasteiger partial charge in [0.1, 0.15) is 11.6 Å². The molecule has 0 fully saturated rings. The molecule has 4 nitrogen and oxygen atoms in total. The standard InChI is InChI=1S/C8H6N2O2S/c1-5-10-4-7(13-5)2-6(3-9)8(11)12/h2,4H,1H3,(H,11,12)/b6-2-. The molecule has 1 heterocycles. The number of thiazole rings is 1. The molecule has 0 aliphatic heterocycles. The van der Waals surface area contributed by atoms with Crippen LogP contribution in [0, 0.1) is 18.3 Å². The summed E-state index contributed by atoms with van der Waals surface area (Å²) in [5, 5.41) is 17.8. The molecule has 0 radical (unpaired) electrons. The van der Waals surface area contributed by atoms with E-state index in [0.29, 0.717) is 4.88 Å². The Morgan fingerprint density at radius 1 is 1.85 bits per heavy atom. The number of carbonyl (C=O) groups is 1. The van der Waals surface area contributed by atoms with Gasteiger partial charge in [0, 0.05) is 11.1 Å². The van der Waals surface area contributed by atoms with Crippen molar-refractivity contribution in [1.29, 1.82) is 5.26 Å². The third kappa shape index (κ3) is 2.39. The minimum Gasteiger partial charge on any atom is -0.477 e. The van der Waals surface area contributed by atoms with Crippen LogP contribution in [0.4, 0.5) is 0 Å². The van der Waals surface area contributed by atoms with Gasteiger partial charge in [-0.25, -0.2) is 9.78 Å². The fraction of sp³-hybridized carbons (Fsp3) is 0.125. The van der Waals surface area contributed by atoms with Gasteiger partial charge >= 0.3 is 5.97 Å². The fourth-order valence-electron chi connectivity index (χ4n) is 0.729.